The minimum Gasteiger partial charge on any atom is -0.490 e. The number of rotatable bonds is 4. The van der Waals surface area contributed by atoms with Gasteiger partial charge in [0.15, 0.2) is 0 Å². The van der Waals surface area contributed by atoms with Gasteiger partial charge < -0.3 is 4.74 Å². The summed E-state index contributed by atoms with van der Waals surface area (Å²) in [5, 5.41) is 0. The lowest BCUT2D eigenvalue weighted by molar-refractivity contribution is 0.290. The normalized spacial score (nSPS) is 21.3. The van der Waals surface area contributed by atoms with Crippen LogP contribution < -0.4 is 4.74 Å². The van der Waals surface area contributed by atoms with Crippen molar-refractivity contribution >= 4 is 6.08 Å². The van der Waals surface area contributed by atoms with Crippen LogP contribution in [0.3, 0.4) is 0 Å². The molecule has 2 aliphatic carbocycles. The Morgan fingerprint density at radius 3 is 2.61 bits per heavy atom. The Kier molecular flexibility index (Phi) is 2.92. The Hall–Kier alpha value is -1.60. The first-order chi connectivity index (χ1) is 8.84. The zero-order valence-corrected chi connectivity index (χ0v) is 10.4. The van der Waals surface area contributed by atoms with Gasteiger partial charge in [-0.05, 0) is 31.7 Å². The van der Waals surface area contributed by atoms with Gasteiger partial charge in [-0.15, -0.1) is 0 Å². The van der Waals surface area contributed by atoms with Gasteiger partial charge in [-0.3, -0.25) is 0 Å². The van der Waals surface area contributed by atoms with Gasteiger partial charge in [-0.2, -0.15) is 4.99 Å². The molecule has 2 aliphatic rings. The third-order valence-electron chi connectivity index (χ3n) is 3.90. The van der Waals surface area contributed by atoms with Gasteiger partial charge in [0.25, 0.3) is 0 Å². The van der Waals surface area contributed by atoms with E-state index in [0.29, 0.717) is 6.10 Å². The molecule has 3 heteroatoms. The largest absolute Gasteiger partial charge is 0.490 e. The number of para-hydroxylation sites is 1. The smallest absolute Gasteiger partial charge is 0.235 e. The molecule has 0 amide bonds. The predicted molar refractivity (Wildman–Crippen MR) is 68.4 cm³/mol. The van der Waals surface area contributed by atoms with Crippen LogP contribution in [0.5, 0.6) is 5.75 Å². The fourth-order valence-electron chi connectivity index (χ4n) is 2.81. The van der Waals surface area contributed by atoms with Crippen molar-refractivity contribution in [3.8, 4) is 5.75 Å². The van der Waals surface area contributed by atoms with Crippen molar-refractivity contribution in [2.24, 2.45) is 4.99 Å². The molecule has 1 aromatic carbocycles. The Morgan fingerprint density at radius 2 is 1.94 bits per heavy atom. The standard InChI is InChI=1S/C15H17NO2/c17-11-16-15(9-3-4-10-15)13-5-1-2-6-14(13)18-12-7-8-12/h1-2,5-6,12H,3-4,7-10H2. The molecule has 94 valence electrons. The minimum absolute atomic E-state index is 0.366. The highest BCUT2D eigenvalue weighted by Gasteiger charge is 2.38. The highest BCUT2D eigenvalue weighted by molar-refractivity contribution is 5.44. The molecule has 2 fully saturated rings. The van der Waals surface area contributed by atoms with Crippen molar-refractivity contribution in [2.75, 3.05) is 0 Å². The maximum absolute atomic E-state index is 10.8. The maximum Gasteiger partial charge on any atom is 0.235 e. The number of benzene rings is 1. The van der Waals surface area contributed by atoms with Gasteiger partial charge in [-0.1, -0.05) is 31.0 Å². The second-order valence-electron chi connectivity index (χ2n) is 5.26. The van der Waals surface area contributed by atoms with Crippen molar-refractivity contribution in [3.05, 3.63) is 29.8 Å². The third-order valence-corrected chi connectivity index (χ3v) is 3.90. The van der Waals surface area contributed by atoms with E-state index in [2.05, 4.69) is 4.99 Å². The van der Waals surface area contributed by atoms with Crippen LogP contribution in [0.4, 0.5) is 0 Å². The number of hydrogen-bond donors (Lipinski definition) is 0. The highest BCUT2D eigenvalue weighted by Crippen LogP contribution is 2.46. The summed E-state index contributed by atoms with van der Waals surface area (Å²) in [4.78, 5) is 14.9. The van der Waals surface area contributed by atoms with E-state index in [-0.39, 0.29) is 5.54 Å². The number of hydrogen-bond acceptors (Lipinski definition) is 3. The number of carbonyl (C=O) groups excluding carboxylic acids is 1. The molecule has 3 rings (SSSR count). The minimum atomic E-state index is -0.382. The summed E-state index contributed by atoms with van der Waals surface area (Å²) in [6.45, 7) is 0. The average molecular weight is 243 g/mol. The average Bonchev–Trinajstić information content (AvgIpc) is 3.07. The molecule has 0 saturated heterocycles. The van der Waals surface area contributed by atoms with E-state index < -0.39 is 0 Å². The van der Waals surface area contributed by atoms with Crippen LogP contribution in [0.1, 0.15) is 44.1 Å². The summed E-state index contributed by atoms with van der Waals surface area (Å²) >= 11 is 0. The molecule has 0 aromatic heterocycles. The van der Waals surface area contributed by atoms with Crippen LogP contribution >= 0.6 is 0 Å². The van der Waals surface area contributed by atoms with Crippen LogP contribution in [0, 0.1) is 0 Å². The van der Waals surface area contributed by atoms with E-state index in [1.807, 2.05) is 24.3 Å². The van der Waals surface area contributed by atoms with Crippen LogP contribution in [0.15, 0.2) is 29.3 Å². The van der Waals surface area contributed by atoms with E-state index in [0.717, 1.165) is 49.8 Å². The zero-order valence-electron chi connectivity index (χ0n) is 10.4. The monoisotopic (exact) mass is 243 g/mol. The number of ether oxygens (including phenoxy) is 1. The van der Waals surface area contributed by atoms with Crippen molar-refractivity contribution in [1.82, 2.24) is 0 Å². The van der Waals surface area contributed by atoms with Crippen molar-refractivity contribution < 1.29 is 9.53 Å². The summed E-state index contributed by atoms with van der Waals surface area (Å²) in [7, 11) is 0. The molecule has 0 bridgehead atoms. The van der Waals surface area contributed by atoms with Gasteiger partial charge in [0, 0.05) is 5.56 Å². The zero-order chi connectivity index (χ0) is 12.4. The summed E-state index contributed by atoms with van der Waals surface area (Å²) in [6.07, 6.45) is 8.48. The van der Waals surface area contributed by atoms with E-state index in [1.54, 1.807) is 6.08 Å². The van der Waals surface area contributed by atoms with Crippen LogP contribution in [-0.2, 0) is 10.3 Å². The summed E-state index contributed by atoms with van der Waals surface area (Å²) < 4.78 is 5.95. The quantitative estimate of drug-likeness (QED) is 0.601. The van der Waals surface area contributed by atoms with E-state index in [1.165, 1.54) is 0 Å². The SMILES string of the molecule is O=C=NC1(c2ccccc2OC2CC2)CCCC1. The Labute approximate surface area is 107 Å². The third kappa shape index (κ3) is 2.06. The van der Waals surface area contributed by atoms with E-state index >= 15 is 0 Å². The molecule has 0 N–H and O–H groups in total. The van der Waals surface area contributed by atoms with Crippen molar-refractivity contribution in [3.63, 3.8) is 0 Å². The van der Waals surface area contributed by atoms with Crippen LogP contribution in [0.25, 0.3) is 0 Å². The molecule has 0 radical (unpaired) electrons. The molecule has 1 aromatic rings. The number of aliphatic imine (C=N–C) groups is 1. The molecule has 0 heterocycles. The van der Waals surface area contributed by atoms with Gasteiger partial charge in [0.2, 0.25) is 6.08 Å². The predicted octanol–water partition coefficient (Wildman–Crippen LogP) is 3.33. The topological polar surface area (TPSA) is 38.7 Å². The first-order valence-corrected chi connectivity index (χ1v) is 6.69. The lowest BCUT2D eigenvalue weighted by Gasteiger charge is -2.25. The van der Waals surface area contributed by atoms with E-state index in [4.69, 9.17) is 4.74 Å². The molecule has 0 unspecified atom stereocenters. The number of isocyanates is 1. The Bertz CT molecular complexity index is 481. The summed E-state index contributed by atoms with van der Waals surface area (Å²) in [6, 6.07) is 8.02. The second kappa shape index (κ2) is 4.58. The van der Waals surface area contributed by atoms with Crippen LogP contribution in [-0.4, -0.2) is 12.2 Å². The van der Waals surface area contributed by atoms with E-state index in [9.17, 15) is 4.79 Å². The molecular formula is C15H17NO2. The van der Waals surface area contributed by atoms with Gasteiger partial charge in [-0.25, -0.2) is 4.79 Å². The fraction of sp³-hybridized carbons (Fsp3) is 0.533. The lowest BCUT2D eigenvalue weighted by Crippen LogP contribution is -2.20. The highest BCUT2D eigenvalue weighted by atomic mass is 16.5. The van der Waals surface area contributed by atoms with Crippen LogP contribution in [0.2, 0.25) is 0 Å². The van der Waals surface area contributed by atoms with Gasteiger partial charge in [0.1, 0.15) is 11.3 Å². The first kappa shape index (κ1) is 11.5. The van der Waals surface area contributed by atoms with Crippen molar-refractivity contribution in [2.45, 2.75) is 50.2 Å². The molecule has 18 heavy (non-hydrogen) atoms. The molecule has 2 saturated carbocycles. The molecular weight excluding hydrogens is 226 g/mol. The molecule has 0 atom stereocenters. The number of nitrogens with zero attached hydrogens (tertiary/aromatic N) is 1. The van der Waals surface area contributed by atoms with Gasteiger partial charge in [0.05, 0.1) is 6.10 Å². The summed E-state index contributed by atoms with van der Waals surface area (Å²) in [5.41, 5.74) is 0.686. The fourth-order valence-corrected chi connectivity index (χ4v) is 2.81. The van der Waals surface area contributed by atoms with Crippen molar-refractivity contribution in [1.29, 1.82) is 0 Å². The first-order valence-electron chi connectivity index (χ1n) is 6.69. The Morgan fingerprint density at radius 1 is 1.22 bits per heavy atom. The maximum atomic E-state index is 10.8. The second-order valence-corrected chi connectivity index (χ2v) is 5.26. The molecule has 3 nitrogen and oxygen atoms in total. The lowest BCUT2D eigenvalue weighted by atomic mass is 9.88. The molecule has 0 aliphatic heterocycles. The Balaban J connectivity index is 1.99. The van der Waals surface area contributed by atoms with Gasteiger partial charge >= 0.3 is 0 Å². The summed E-state index contributed by atoms with van der Waals surface area (Å²) in [5.74, 6) is 0.904. The molecule has 0 spiro atoms.